The lowest BCUT2D eigenvalue weighted by Crippen LogP contribution is -2.16. The van der Waals surface area contributed by atoms with Crippen LogP contribution >= 0.6 is 0 Å². The summed E-state index contributed by atoms with van der Waals surface area (Å²) in [7, 11) is -3.96. The maximum absolute atomic E-state index is 13.6. The normalized spacial score (nSPS) is 12.1. The number of benzene rings is 1. The van der Waals surface area contributed by atoms with Crippen molar-refractivity contribution in [1.82, 2.24) is 4.98 Å². The van der Waals surface area contributed by atoms with E-state index < -0.39 is 56.5 Å². The van der Waals surface area contributed by atoms with Crippen LogP contribution in [0.25, 0.3) is 0 Å². The van der Waals surface area contributed by atoms with Gasteiger partial charge in [0, 0.05) is 12.3 Å². The average Bonchev–Trinajstić information content (AvgIpc) is 2.50. The van der Waals surface area contributed by atoms with Crippen LogP contribution in [0.15, 0.2) is 30.5 Å². The molecule has 0 aliphatic carbocycles. The van der Waals surface area contributed by atoms with Gasteiger partial charge in [0.05, 0.1) is 11.3 Å². The highest BCUT2D eigenvalue weighted by molar-refractivity contribution is 7.92. The number of pyridine rings is 1. The molecule has 1 N–H and O–H groups in total. The quantitative estimate of drug-likeness (QED) is 0.796. The molecule has 11 heteroatoms. The summed E-state index contributed by atoms with van der Waals surface area (Å²) in [6.07, 6.45) is -4.38. The lowest BCUT2D eigenvalue weighted by atomic mass is 10.2. The predicted octanol–water partition coefficient (Wildman–Crippen LogP) is 3.93. The number of hydrogen-bond donors (Lipinski definition) is 1. The predicted molar refractivity (Wildman–Crippen MR) is 78.8 cm³/mol. The maximum Gasteiger partial charge on any atom is 0.417 e. The highest BCUT2D eigenvalue weighted by Gasteiger charge is 2.32. The lowest BCUT2D eigenvalue weighted by molar-refractivity contribution is -0.137. The number of hydrogen-bond acceptors (Lipinski definition) is 4. The third-order valence-corrected chi connectivity index (χ3v) is 4.22. The number of aromatic nitrogens is 1. The van der Waals surface area contributed by atoms with Gasteiger partial charge >= 0.3 is 6.18 Å². The third-order valence-electron chi connectivity index (χ3n) is 2.92. The minimum Gasteiger partial charge on any atom is -0.434 e. The summed E-state index contributed by atoms with van der Waals surface area (Å²) in [5.41, 5.74) is -1.85. The van der Waals surface area contributed by atoms with Crippen molar-refractivity contribution >= 4 is 15.7 Å². The standard InChI is InChI=1S/C14H11F5N2O3S/c1-2-25(22,23)21-11-5-8(14(17,18)19)7-20-13(11)24-12-4-3-9(15)6-10(12)16/h3-7,21H,2H2,1H3. The molecule has 2 rings (SSSR count). The Balaban J connectivity index is 2.48. The zero-order valence-electron chi connectivity index (χ0n) is 12.6. The Bertz CT molecular complexity index is 885. The Morgan fingerprint density at radius 1 is 1.20 bits per heavy atom. The molecule has 0 amide bonds. The summed E-state index contributed by atoms with van der Waals surface area (Å²) in [5, 5.41) is 0. The summed E-state index contributed by atoms with van der Waals surface area (Å²) in [5.74, 6) is -3.60. The van der Waals surface area contributed by atoms with E-state index in [0.29, 0.717) is 18.3 Å². The summed E-state index contributed by atoms with van der Waals surface area (Å²) in [6, 6.07) is 2.72. The first-order valence-electron chi connectivity index (χ1n) is 6.72. The fourth-order valence-electron chi connectivity index (χ4n) is 1.66. The number of halogens is 5. The van der Waals surface area contributed by atoms with E-state index in [0.717, 1.165) is 12.1 Å². The molecule has 0 aliphatic heterocycles. The van der Waals surface area contributed by atoms with Crippen LogP contribution in [0, 0.1) is 11.6 Å². The van der Waals surface area contributed by atoms with Gasteiger partial charge in [-0.05, 0) is 25.1 Å². The van der Waals surface area contributed by atoms with Crippen LogP contribution in [0.2, 0.25) is 0 Å². The Morgan fingerprint density at radius 2 is 1.88 bits per heavy atom. The van der Waals surface area contributed by atoms with Gasteiger partial charge in [-0.3, -0.25) is 4.72 Å². The second kappa shape index (κ2) is 6.82. The summed E-state index contributed by atoms with van der Waals surface area (Å²) < 4.78 is 95.1. The SMILES string of the molecule is CCS(=O)(=O)Nc1cc(C(F)(F)F)cnc1Oc1ccc(F)cc1F. The highest BCUT2D eigenvalue weighted by Crippen LogP contribution is 2.36. The van der Waals surface area contributed by atoms with Gasteiger partial charge in [-0.2, -0.15) is 13.2 Å². The molecule has 0 bridgehead atoms. The molecule has 2 aromatic rings. The maximum atomic E-state index is 13.6. The third kappa shape index (κ3) is 4.78. The number of sulfonamides is 1. The second-order valence-electron chi connectivity index (χ2n) is 4.76. The van der Waals surface area contributed by atoms with Crippen LogP contribution in [-0.4, -0.2) is 19.2 Å². The molecule has 0 unspecified atom stereocenters. The van der Waals surface area contributed by atoms with Gasteiger partial charge in [0.15, 0.2) is 11.6 Å². The van der Waals surface area contributed by atoms with Gasteiger partial charge < -0.3 is 4.74 Å². The van der Waals surface area contributed by atoms with Gasteiger partial charge in [0.25, 0.3) is 0 Å². The van der Waals surface area contributed by atoms with Gasteiger partial charge in [-0.1, -0.05) is 0 Å². The Kier molecular flexibility index (Phi) is 5.16. The van der Waals surface area contributed by atoms with Crippen LogP contribution in [-0.2, 0) is 16.2 Å². The minimum atomic E-state index is -4.78. The molecular formula is C14H11F5N2O3S. The van der Waals surface area contributed by atoms with Gasteiger partial charge in [0.1, 0.15) is 11.5 Å². The van der Waals surface area contributed by atoms with Gasteiger partial charge in [-0.15, -0.1) is 0 Å². The fraction of sp³-hybridized carbons (Fsp3) is 0.214. The molecule has 1 aromatic heterocycles. The number of anilines is 1. The minimum absolute atomic E-state index is 0.403. The molecule has 0 radical (unpaired) electrons. The zero-order valence-corrected chi connectivity index (χ0v) is 13.4. The largest absolute Gasteiger partial charge is 0.434 e. The lowest BCUT2D eigenvalue weighted by Gasteiger charge is -2.14. The Hall–Kier alpha value is -2.43. The number of alkyl halides is 3. The second-order valence-corrected chi connectivity index (χ2v) is 6.77. The van der Waals surface area contributed by atoms with Gasteiger partial charge in [-0.25, -0.2) is 22.2 Å². The van der Waals surface area contributed by atoms with Crippen molar-refractivity contribution in [3.63, 3.8) is 0 Å². The zero-order chi connectivity index (χ0) is 18.8. The van der Waals surface area contributed by atoms with Gasteiger partial charge in [0.2, 0.25) is 15.9 Å². The van der Waals surface area contributed by atoms with Crippen molar-refractivity contribution in [2.75, 3.05) is 10.5 Å². The molecule has 0 atom stereocenters. The molecule has 5 nitrogen and oxygen atoms in total. The van der Waals surface area contributed by atoms with E-state index in [1.807, 2.05) is 4.72 Å². The number of nitrogens with one attached hydrogen (secondary N) is 1. The van der Waals surface area contributed by atoms with Crippen LogP contribution in [0.5, 0.6) is 11.6 Å². The van der Waals surface area contributed by atoms with E-state index in [1.54, 1.807) is 0 Å². The van der Waals surface area contributed by atoms with E-state index in [4.69, 9.17) is 4.74 Å². The molecule has 1 aromatic carbocycles. The van der Waals surface area contributed by atoms with Crippen LogP contribution in [0.1, 0.15) is 12.5 Å². The van der Waals surface area contributed by atoms with Crippen LogP contribution in [0.4, 0.5) is 27.6 Å². The number of rotatable bonds is 5. The smallest absolute Gasteiger partial charge is 0.417 e. The summed E-state index contributed by atoms with van der Waals surface area (Å²) in [4.78, 5) is 3.39. The van der Waals surface area contributed by atoms with Crippen molar-refractivity contribution in [2.24, 2.45) is 0 Å². The average molecular weight is 382 g/mol. The van der Waals surface area contributed by atoms with Crippen molar-refractivity contribution < 1.29 is 35.1 Å². The molecular weight excluding hydrogens is 371 g/mol. The molecule has 0 saturated carbocycles. The molecule has 136 valence electrons. The molecule has 0 spiro atoms. The first-order valence-corrected chi connectivity index (χ1v) is 8.37. The van der Waals surface area contributed by atoms with E-state index in [9.17, 15) is 30.4 Å². The summed E-state index contributed by atoms with van der Waals surface area (Å²) >= 11 is 0. The Morgan fingerprint density at radius 3 is 2.44 bits per heavy atom. The molecule has 25 heavy (non-hydrogen) atoms. The molecule has 0 fully saturated rings. The fourth-order valence-corrected chi connectivity index (χ4v) is 2.29. The Labute approximate surface area is 139 Å². The van der Waals surface area contributed by atoms with Crippen LogP contribution < -0.4 is 9.46 Å². The van der Waals surface area contributed by atoms with Crippen molar-refractivity contribution in [3.05, 3.63) is 47.7 Å². The van der Waals surface area contributed by atoms with Crippen molar-refractivity contribution in [1.29, 1.82) is 0 Å². The topological polar surface area (TPSA) is 68.3 Å². The first kappa shape index (κ1) is 18.9. The molecule has 1 heterocycles. The number of ether oxygens (including phenoxy) is 1. The first-order chi connectivity index (χ1) is 11.5. The van der Waals surface area contributed by atoms with E-state index >= 15 is 0 Å². The van der Waals surface area contributed by atoms with Crippen LogP contribution in [0.3, 0.4) is 0 Å². The highest BCUT2D eigenvalue weighted by atomic mass is 32.2. The van der Waals surface area contributed by atoms with Crippen molar-refractivity contribution in [2.45, 2.75) is 13.1 Å². The molecule has 0 aliphatic rings. The van der Waals surface area contributed by atoms with E-state index in [-0.39, 0.29) is 0 Å². The monoisotopic (exact) mass is 382 g/mol. The number of nitrogens with zero attached hydrogens (tertiary/aromatic N) is 1. The summed E-state index contributed by atoms with van der Waals surface area (Å²) in [6.45, 7) is 1.27. The van der Waals surface area contributed by atoms with E-state index in [2.05, 4.69) is 4.98 Å². The van der Waals surface area contributed by atoms with Crippen molar-refractivity contribution in [3.8, 4) is 11.6 Å². The van der Waals surface area contributed by atoms with E-state index in [1.165, 1.54) is 6.92 Å². The molecule has 0 saturated heterocycles.